The van der Waals surface area contributed by atoms with Gasteiger partial charge in [-0.05, 0) is 42.5 Å². The summed E-state index contributed by atoms with van der Waals surface area (Å²) in [6, 6.07) is 5.90. The van der Waals surface area contributed by atoms with E-state index in [9.17, 15) is 4.79 Å². The van der Waals surface area contributed by atoms with E-state index < -0.39 is 0 Å². The smallest absolute Gasteiger partial charge is 0.251 e. The van der Waals surface area contributed by atoms with Crippen molar-refractivity contribution in [3.8, 4) is 0 Å². The minimum Gasteiger partial charge on any atom is -0.385 e. The lowest BCUT2D eigenvalue weighted by Crippen LogP contribution is -2.27. The average Bonchev–Trinajstić information content (AvgIpc) is 2.42. The maximum absolute atomic E-state index is 12.0. The highest BCUT2D eigenvalue weighted by Gasteiger charge is 2.09. The highest BCUT2D eigenvalue weighted by atomic mass is 16.1. The van der Waals surface area contributed by atoms with Crippen LogP contribution in [0.1, 0.15) is 50.0 Å². The zero-order valence-corrected chi connectivity index (χ0v) is 12.5. The van der Waals surface area contributed by atoms with Gasteiger partial charge in [0, 0.05) is 24.3 Å². The van der Waals surface area contributed by atoms with Crippen molar-refractivity contribution in [3.63, 3.8) is 0 Å². The molecular weight excluding hydrogens is 236 g/mol. The van der Waals surface area contributed by atoms with Gasteiger partial charge in [-0.25, -0.2) is 0 Å². The van der Waals surface area contributed by atoms with E-state index in [0.29, 0.717) is 5.92 Å². The minimum absolute atomic E-state index is 0.0189. The third-order valence-corrected chi connectivity index (χ3v) is 2.98. The second kappa shape index (κ2) is 7.82. The standard InChI is InChI=1S/C16H26N2O/c1-5-9-17-15-8-7-14(10-13(15)6-2)16(19)18-11-12(3)4/h7-8,10,12,17H,5-6,9,11H2,1-4H3,(H,18,19). The molecule has 2 N–H and O–H groups in total. The van der Waals surface area contributed by atoms with Crippen LogP contribution < -0.4 is 10.6 Å². The van der Waals surface area contributed by atoms with E-state index >= 15 is 0 Å². The Bertz CT molecular complexity index is 413. The van der Waals surface area contributed by atoms with Gasteiger partial charge in [-0.2, -0.15) is 0 Å². The Morgan fingerprint density at radius 3 is 2.58 bits per heavy atom. The van der Waals surface area contributed by atoms with Gasteiger partial charge < -0.3 is 10.6 Å². The molecule has 3 nitrogen and oxygen atoms in total. The number of aryl methyl sites for hydroxylation is 1. The number of carbonyl (C=O) groups excluding carboxylic acids is 1. The molecule has 0 fully saturated rings. The first-order chi connectivity index (χ1) is 9.08. The number of carbonyl (C=O) groups is 1. The first kappa shape index (κ1) is 15.5. The third-order valence-electron chi connectivity index (χ3n) is 2.98. The quantitative estimate of drug-likeness (QED) is 0.790. The highest BCUT2D eigenvalue weighted by Crippen LogP contribution is 2.18. The maximum atomic E-state index is 12.0. The maximum Gasteiger partial charge on any atom is 0.251 e. The number of rotatable bonds is 7. The van der Waals surface area contributed by atoms with Crippen molar-refractivity contribution in [1.29, 1.82) is 0 Å². The molecule has 0 spiro atoms. The second-order valence-electron chi connectivity index (χ2n) is 5.26. The molecule has 1 amide bonds. The SMILES string of the molecule is CCCNc1ccc(C(=O)NCC(C)C)cc1CC. The summed E-state index contributed by atoms with van der Waals surface area (Å²) in [5.74, 6) is 0.491. The third kappa shape index (κ3) is 4.93. The van der Waals surface area contributed by atoms with E-state index in [1.54, 1.807) is 0 Å². The van der Waals surface area contributed by atoms with Gasteiger partial charge in [0.15, 0.2) is 0 Å². The summed E-state index contributed by atoms with van der Waals surface area (Å²) in [6.45, 7) is 10.1. The molecule has 0 aliphatic carbocycles. The molecule has 1 aromatic carbocycles. The van der Waals surface area contributed by atoms with E-state index in [-0.39, 0.29) is 5.91 Å². The number of hydrogen-bond donors (Lipinski definition) is 2. The zero-order chi connectivity index (χ0) is 14.3. The molecule has 106 valence electrons. The number of anilines is 1. The minimum atomic E-state index is 0.0189. The van der Waals surface area contributed by atoms with Gasteiger partial charge >= 0.3 is 0 Å². The highest BCUT2D eigenvalue weighted by molar-refractivity contribution is 5.94. The van der Waals surface area contributed by atoms with Crippen LogP contribution in [-0.2, 0) is 6.42 Å². The van der Waals surface area contributed by atoms with Crippen molar-refractivity contribution in [1.82, 2.24) is 5.32 Å². The van der Waals surface area contributed by atoms with Crippen molar-refractivity contribution in [3.05, 3.63) is 29.3 Å². The average molecular weight is 262 g/mol. The van der Waals surface area contributed by atoms with Gasteiger partial charge in [0.2, 0.25) is 0 Å². The molecule has 0 saturated heterocycles. The Kier molecular flexibility index (Phi) is 6.40. The molecule has 1 aromatic rings. The summed E-state index contributed by atoms with van der Waals surface area (Å²) in [5.41, 5.74) is 3.09. The molecule has 1 rings (SSSR count). The summed E-state index contributed by atoms with van der Waals surface area (Å²) < 4.78 is 0. The summed E-state index contributed by atoms with van der Waals surface area (Å²) >= 11 is 0. The van der Waals surface area contributed by atoms with E-state index in [4.69, 9.17) is 0 Å². The Labute approximate surface area is 116 Å². The van der Waals surface area contributed by atoms with Crippen LogP contribution in [0, 0.1) is 5.92 Å². The van der Waals surface area contributed by atoms with E-state index in [1.165, 1.54) is 5.56 Å². The molecule has 0 heterocycles. The Hall–Kier alpha value is -1.51. The first-order valence-electron chi connectivity index (χ1n) is 7.23. The number of nitrogens with one attached hydrogen (secondary N) is 2. The molecular formula is C16H26N2O. The van der Waals surface area contributed by atoms with Gasteiger partial charge in [0.1, 0.15) is 0 Å². The molecule has 0 radical (unpaired) electrons. The largest absolute Gasteiger partial charge is 0.385 e. The van der Waals surface area contributed by atoms with Crippen LogP contribution in [-0.4, -0.2) is 19.0 Å². The lowest BCUT2D eigenvalue weighted by molar-refractivity contribution is 0.0949. The normalized spacial score (nSPS) is 10.6. The molecule has 0 aliphatic heterocycles. The van der Waals surface area contributed by atoms with E-state index in [2.05, 4.69) is 38.3 Å². The molecule has 0 aliphatic rings. The predicted octanol–water partition coefficient (Wildman–Crippen LogP) is 3.46. The number of hydrogen-bond acceptors (Lipinski definition) is 2. The van der Waals surface area contributed by atoms with Gasteiger partial charge in [-0.1, -0.05) is 27.7 Å². The molecule has 0 atom stereocenters. The molecule has 0 unspecified atom stereocenters. The van der Waals surface area contributed by atoms with Crippen LogP contribution in [0.4, 0.5) is 5.69 Å². The molecule has 0 saturated carbocycles. The Balaban J connectivity index is 2.78. The van der Waals surface area contributed by atoms with Crippen LogP contribution >= 0.6 is 0 Å². The van der Waals surface area contributed by atoms with Crippen molar-refractivity contribution < 1.29 is 4.79 Å². The lowest BCUT2D eigenvalue weighted by Gasteiger charge is -2.13. The van der Waals surface area contributed by atoms with Crippen molar-refractivity contribution in [2.24, 2.45) is 5.92 Å². The van der Waals surface area contributed by atoms with Crippen LogP contribution in [0.2, 0.25) is 0 Å². The van der Waals surface area contributed by atoms with E-state index in [1.807, 2.05) is 18.2 Å². The van der Waals surface area contributed by atoms with Gasteiger partial charge in [-0.3, -0.25) is 4.79 Å². The number of amides is 1. The van der Waals surface area contributed by atoms with E-state index in [0.717, 1.165) is 37.2 Å². The lowest BCUT2D eigenvalue weighted by atomic mass is 10.1. The molecule has 0 aromatic heterocycles. The molecule has 19 heavy (non-hydrogen) atoms. The van der Waals surface area contributed by atoms with Crippen LogP contribution in [0.25, 0.3) is 0 Å². The van der Waals surface area contributed by atoms with Gasteiger partial charge in [0.05, 0.1) is 0 Å². The Morgan fingerprint density at radius 1 is 1.26 bits per heavy atom. The topological polar surface area (TPSA) is 41.1 Å². The van der Waals surface area contributed by atoms with Crippen molar-refractivity contribution >= 4 is 11.6 Å². The summed E-state index contributed by atoms with van der Waals surface area (Å²) in [6.07, 6.45) is 2.02. The fourth-order valence-electron chi connectivity index (χ4n) is 1.86. The number of benzene rings is 1. The van der Waals surface area contributed by atoms with Crippen LogP contribution in [0.3, 0.4) is 0 Å². The predicted molar refractivity (Wildman–Crippen MR) is 81.8 cm³/mol. The van der Waals surface area contributed by atoms with Gasteiger partial charge in [-0.15, -0.1) is 0 Å². The summed E-state index contributed by atoms with van der Waals surface area (Å²) in [7, 11) is 0. The zero-order valence-electron chi connectivity index (χ0n) is 12.5. The summed E-state index contributed by atoms with van der Waals surface area (Å²) in [4.78, 5) is 12.0. The Morgan fingerprint density at radius 2 is 2.00 bits per heavy atom. The fourth-order valence-corrected chi connectivity index (χ4v) is 1.86. The van der Waals surface area contributed by atoms with Crippen LogP contribution in [0.5, 0.6) is 0 Å². The van der Waals surface area contributed by atoms with Crippen molar-refractivity contribution in [2.75, 3.05) is 18.4 Å². The van der Waals surface area contributed by atoms with Crippen LogP contribution in [0.15, 0.2) is 18.2 Å². The van der Waals surface area contributed by atoms with Gasteiger partial charge in [0.25, 0.3) is 5.91 Å². The monoisotopic (exact) mass is 262 g/mol. The first-order valence-corrected chi connectivity index (χ1v) is 7.23. The fraction of sp³-hybridized carbons (Fsp3) is 0.562. The molecule has 3 heteroatoms. The second-order valence-corrected chi connectivity index (χ2v) is 5.26. The summed E-state index contributed by atoms with van der Waals surface area (Å²) in [5, 5.41) is 6.35. The molecule has 0 bridgehead atoms. The van der Waals surface area contributed by atoms with Crippen molar-refractivity contribution in [2.45, 2.75) is 40.5 Å².